The molecule has 0 spiro atoms. The Kier molecular flexibility index (Phi) is 4.50. The Morgan fingerprint density at radius 1 is 1.38 bits per heavy atom. The predicted octanol–water partition coefficient (Wildman–Crippen LogP) is 2.54. The summed E-state index contributed by atoms with van der Waals surface area (Å²) in [4.78, 5) is 4.02. The number of thiazole rings is 1. The Bertz CT molecular complexity index is 448. The minimum Gasteiger partial charge on any atom is -0.228 e. The van der Waals surface area contributed by atoms with Crippen molar-refractivity contribution in [3.63, 3.8) is 0 Å². The maximum Gasteiger partial charge on any atom is 0.268 e. The van der Waals surface area contributed by atoms with Gasteiger partial charge in [0, 0.05) is 6.04 Å². The standard InChI is InChI=1S/C9H15BrN2O2S2/c1-5(2)6(3)12-16(13,14)9-11-7(4)8(10)15-9/h5-6,12H,1-4H3. The minimum atomic E-state index is -3.48. The van der Waals surface area contributed by atoms with E-state index >= 15 is 0 Å². The van der Waals surface area contributed by atoms with Crippen LogP contribution in [-0.4, -0.2) is 19.4 Å². The van der Waals surface area contributed by atoms with Crippen LogP contribution in [0.1, 0.15) is 26.5 Å². The number of rotatable bonds is 4. The molecule has 1 aromatic rings. The number of aryl methyl sites for hydroxylation is 1. The fraction of sp³-hybridized carbons (Fsp3) is 0.667. The zero-order valence-corrected chi connectivity index (χ0v) is 12.8. The lowest BCUT2D eigenvalue weighted by molar-refractivity contribution is 0.476. The van der Waals surface area contributed by atoms with Gasteiger partial charge in [-0.1, -0.05) is 25.2 Å². The molecule has 1 unspecified atom stereocenters. The molecular formula is C9H15BrN2O2S2. The van der Waals surface area contributed by atoms with Gasteiger partial charge in [0.1, 0.15) is 0 Å². The first kappa shape index (κ1) is 14.1. The molecule has 0 aliphatic rings. The van der Waals surface area contributed by atoms with Crippen LogP contribution in [0.5, 0.6) is 0 Å². The summed E-state index contributed by atoms with van der Waals surface area (Å²) in [5.74, 6) is 0.249. The first-order valence-corrected chi connectivity index (χ1v) is 7.98. The highest BCUT2D eigenvalue weighted by molar-refractivity contribution is 9.11. The average molecular weight is 327 g/mol. The molecule has 92 valence electrons. The SMILES string of the molecule is Cc1nc(S(=O)(=O)NC(C)C(C)C)sc1Br. The molecular weight excluding hydrogens is 312 g/mol. The number of hydrogen-bond donors (Lipinski definition) is 1. The van der Waals surface area contributed by atoms with Crippen LogP contribution in [0.3, 0.4) is 0 Å². The van der Waals surface area contributed by atoms with Gasteiger partial charge in [0.15, 0.2) is 0 Å². The van der Waals surface area contributed by atoms with Crippen molar-refractivity contribution in [2.45, 2.75) is 38.1 Å². The van der Waals surface area contributed by atoms with Gasteiger partial charge in [-0.2, -0.15) is 0 Å². The Balaban J connectivity index is 2.95. The Hall–Kier alpha value is 0.0200. The molecule has 0 fully saturated rings. The highest BCUT2D eigenvalue weighted by Crippen LogP contribution is 2.27. The zero-order valence-electron chi connectivity index (χ0n) is 9.61. The highest BCUT2D eigenvalue weighted by atomic mass is 79.9. The summed E-state index contributed by atoms with van der Waals surface area (Å²) in [5.41, 5.74) is 0.697. The van der Waals surface area contributed by atoms with Gasteiger partial charge in [-0.15, -0.1) is 0 Å². The van der Waals surface area contributed by atoms with E-state index in [0.717, 1.165) is 15.1 Å². The van der Waals surface area contributed by atoms with Crippen molar-refractivity contribution in [1.29, 1.82) is 0 Å². The zero-order chi connectivity index (χ0) is 12.5. The summed E-state index contributed by atoms with van der Waals surface area (Å²) in [6.45, 7) is 7.55. The van der Waals surface area contributed by atoms with E-state index in [2.05, 4.69) is 25.6 Å². The van der Waals surface area contributed by atoms with Crippen LogP contribution >= 0.6 is 27.3 Å². The van der Waals surface area contributed by atoms with Gasteiger partial charge in [0.05, 0.1) is 9.48 Å². The molecule has 16 heavy (non-hydrogen) atoms. The van der Waals surface area contributed by atoms with E-state index in [4.69, 9.17) is 0 Å². The largest absolute Gasteiger partial charge is 0.268 e. The van der Waals surface area contributed by atoms with Crippen LogP contribution in [0.4, 0.5) is 0 Å². The number of halogens is 1. The van der Waals surface area contributed by atoms with Crippen molar-refractivity contribution in [3.8, 4) is 0 Å². The molecule has 0 aliphatic carbocycles. The number of nitrogens with zero attached hydrogens (tertiary/aromatic N) is 1. The molecule has 1 atom stereocenters. The van der Waals surface area contributed by atoms with E-state index < -0.39 is 10.0 Å². The molecule has 1 rings (SSSR count). The van der Waals surface area contributed by atoms with Crippen LogP contribution in [0.2, 0.25) is 0 Å². The molecule has 7 heteroatoms. The molecule has 1 N–H and O–H groups in total. The van der Waals surface area contributed by atoms with E-state index in [1.165, 1.54) is 0 Å². The molecule has 0 amide bonds. The van der Waals surface area contributed by atoms with Crippen molar-refractivity contribution in [1.82, 2.24) is 9.71 Å². The minimum absolute atomic E-state index is 0.104. The fourth-order valence-corrected chi connectivity index (χ4v) is 4.25. The van der Waals surface area contributed by atoms with Crippen LogP contribution < -0.4 is 4.72 Å². The van der Waals surface area contributed by atoms with Gasteiger partial charge in [-0.3, -0.25) is 0 Å². The molecule has 1 aromatic heterocycles. The Labute approximate surface area is 109 Å². The molecule has 0 bridgehead atoms. The number of hydrogen-bond acceptors (Lipinski definition) is 4. The molecule has 0 saturated carbocycles. The second-order valence-electron chi connectivity index (χ2n) is 3.99. The molecule has 0 saturated heterocycles. The van der Waals surface area contributed by atoms with Crippen molar-refractivity contribution in [2.24, 2.45) is 5.92 Å². The third-order valence-corrected chi connectivity index (χ3v) is 6.23. The third-order valence-electron chi connectivity index (χ3n) is 2.29. The quantitative estimate of drug-likeness (QED) is 0.924. The molecule has 0 aliphatic heterocycles. The number of nitrogens with one attached hydrogen (secondary N) is 1. The molecule has 0 aromatic carbocycles. The number of aromatic nitrogens is 1. The van der Waals surface area contributed by atoms with Gasteiger partial charge in [-0.05, 0) is 35.7 Å². The van der Waals surface area contributed by atoms with E-state index in [0.29, 0.717) is 5.69 Å². The molecule has 1 heterocycles. The smallest absolute Gasteiger partial charge is 0.228 e. The lowest BCUT2D eigenvalue weighted by Crippen LogP contribution is -2.36. The van der Waals surface area contributed by atoms with Gasteiger partial charge < -0.3 is 0 Å². The van der Waals surface area contributed by atoms with Crippen molar-refractivity contribution in [3.05, 3.63) is 9.48 Å². The average Bonchev–Trinajstić information content (AvgIpc) is 2.47. The molecule has 4 nitrogen and oxygen atoms in total. The summed E-state index contributed by atoms with van der Waals surface area (Å²) in [7, 11) is -3.48. The van der Waals surface area contributed by atoms with Crippen LogP contribution in [0.15, 0.2) is 8.13 Å². The Morgan fingerprint density at radius 2 is 1.94 bits per heavy atom. The third kappa shape index (κ3) is 3.26. The van der Waals surface area contributed by atoms with E-state index in [1.54, 1.807) is 6.92 Å². The first-order valence-electron chi connectivity index (χ1n) is 4.89. The van der Waals surface area contributed by atoms with Gasteiger partial charge in [0.25, 0.3) is 10.0 Å². The van der Waals surface area contributed by atoms with Gasteiger partial charge in [-0.25, -0.2) is 18.1 Å². The predicted molar refractivity (Wildman–Crippen MR) is 69.2 cm³/mol. The lowest BCUT2D eigenvalue weighted by atomic mass is 10.1. The summed E-state index contributed by atoms with van der Waals surface area (Å²) in [6, 6.07) is -0.104. The normalized spacial score (nSPS) is 14.4. The summed E-state index contributed by atoms with van der Waals surface area (Å²) in [5, 5.41) is 0. The Morgan fingerprint density at radius 3 is 2.31 bits per heavy atom. The van der Waals surface area contributed by atoms with E-state index in [-0.39, 0.29) is 16.3 Å². The van der Waals surface area contributed by atoms with Gasteiger partial charge >= 0.3 is 0 Å². The topological polar surface area (TPSA) is 59.1 Å². The van der Waals surface area contributed by atoms with Crippen molar-refractivity contribution >= 4 is 37.3 Å². The van der Waals surface area contributed by atoms with Crippen LogP contribution in [0, 0.1) is 12.8 Å². The highest BCUT2D eigenvalue weighted by Gasteiger charge is 2.23. The van der Waals surface area contributed by atoms with Crippen molar-refractivity contribution in [2.75, 3.05) is 0 Å². The first-order chi connectivity index (χ1) is 7.24. The second kappa shape index (κ2) is 5.12. The van der Waals surface area contributed by atoms with Crippen molar-refractivity contribution < 1.29 is 8.42 Å². The van der Waals surface area contributed by atoms with E-state index in [9.17, 15) is 8.42 Å². The summed E-state index contributed by atoms with van der Waals surface area (Å²) >= 11 is 4.40. The van der Waals surface area contributed by atoms with Gasteiger partial charge in [0.2, 0.25) is 4.34 Å². The van der Waals surface area contributed by atoms with E-state index in [1.807, 2.05) is 20.8 Å². The lowest BCUT2D eigenvalue weighted by Gasteiger charge is -2.16. The monoisotopic (exact) mass is 326 g/mol. The maximum absolute atomic E-state index is 11.9. The fourth-order valence-electron chi connectivity index (χ4n) is 0.900. The summed E-state index contributed by atoms with van der Waals surface area (Å²) in [6.07, 6.45) is 0. The van der Waals surface area contributed by atoms with Crippen LogP contribution in [0.25, 0.3) is 0 Å². The number of sulfonamides is 1. The molecule has 0 radical (unpaired) electrons. The maximum atomic E-state index is 11.9. The van der Waals surface area contributed by atoms with Crippen LogP contribution in [-0.2, 0) is 10.0 Å². The second-order valence-corrected chi connectivity index (χ2v) is 8.20. The summed E-state index contributed by atoms with van der Waals surface area (Å²) < 4.78 is 27.3.